The Hall–Kier alpha value is -1.39. The molecule has 0 aliphatic heterocycles. The molecule has 1 aromatic rings. The summed E-state index contributed by atoms with van der Waals surface area (Å²) in [4.78, 5) is 12.5. The number of rotatable bonds is 5. The first-order valence-electron chi connectivity index (χ1n) is 5.63. The van der Waals surface area contributed by atoms with Gasteiger partial charge in [0.1, 0.15) is 6.04 Å². The average molecular weight is 237 g/mol. The number of carboxylic acid groups (broad SMARTS) is 1. The van der Waals surface area contributed by atoms with Crippen molar-refractivity contribution in [3.8, 4) is 0 Å². The summed E-state index contributed by atoms with van der Waals surface area (Å²) in [6.45, 7) is 3.42. The molecule has 0 saturated heterocycles. The predicted molar refractivity (Wildman–Crippen MR) is 65.7 cm³/mol. The van der Waals surface area contributed by atoms with Gasteiger partial charge in [0.15, 0.2) is 0 Å². The monoisotopic (exact) mass is 237 g/mol. The van der Waals surface area contributed by atoms with Gasteiger partial charge in [-0.25, -0.2) is 0 Å². The first-order valence-corrected chi connectivity index (χ1v) is 5.63. The molecule has 0 bridgehead atoms. The van der Waals surface area contributed by atoms with E-state index in [1.54, 1.807) is 18.9 Å². The molecule has 1 aromatic carbocycles. The Morgan fingerprint density at radius 1 is 1.24 bits per heavy atom. The van der Waals surface area contributed by atoms with Gasteiger partial charge in [-0.2, -0.15) is 0 Å². The lowest BCUT2D eigenvalue weighted by atomic mass is 10.0. The second-order valence-electron chi connectivity index (χ2n) is 4.28. The fraction of sp³-hybridized carbons (Fsp3) is 0.462. The van der Waals surface area contributed by atoms with Gasteiger partial charge in [-0.3, -0.25) is 9.69 Å². The lowest BCUT2D eigenvalue weighted by Crippen LogP contribution is -2.44. The minimum atomic E-state index is -0.889. The Bertz CT molecular complexity index is 366. The van der Waals surface area contributed by atoms with Gasteiger partial charge in [0.25, 0.3) is 0 Å². The van der Waals surface area contributed by atoms with Crippen molar-refractivity contribution in [2.45, 2.75) is 32.0 Å². The third kappa shape index (κ3) is 3.28. The lowest BCUT2D eigenvalue weighted by molar-refractivity contribution is -0.143. The summed E-state index contributed by atoms with van der Waals surface area (Å²) in [7, 11) is 1.70. The van der Waals surface area contributed by atoms with Gasteiger partial charge in [0.2, 0.25) is 0 Å². The Balaban J connectivity index is 2.76. The van der Waals surface area contributed by atoms with Crippen LogP contribution in [0.1, 0.15) is 25.5 Å². The van der Waals surface area contributed by atoms with Crippen LogP contribution in [0.2, 0.25) is 0 Å². The van der Waals surface area contributed by atoms with Crippen molar-refractivity contribution in [3.63, 3.8) is 0 Å². The summed E-state index contributed by atoms with van der Waals surface area (Å²) >= 11 is 0. The quantitative estimate of drug-likeness (QED) is 0.815. The minimum Gasteiger partial charge on any atom is -0.480 e. The van der Waals surface area contributed by atoms with Crippen LogP contribution >= 0.6 is 0 Å². The zero-order chi connectivity index (χ0) is 13.0. The number of hydrogen-bond acceptors (Lipinski definition) is 3. The molecule has 0 aliphatic rings. The molecule has 4 nitrogen and oxygen atoms in total. The van der Waals surface area contributed by atoms with E-state index in [1.165, 1.54) is 0 Å². The lowest BCUT2D eigenvalue weighted by Gasteiger charge is -2.31. The van der Waals surface area contributed by atoms with Crippen molar-refractivity contribution >= 4 is 5.97 Å². The maximum absolute atomic E-state index is 10.9. The fourth-order valence-corrected chi connectivity index (χ4v) is 1.68. The molecule has 0 heterocycles. The van der Waals surface area contributed by atoms with Crippen LogP contribution in [0.3, 0.4) is 0 Å². The van der Waals surface area contributed by atoms with E-state index in [0.717, 1.165) is 5.56 Å². The van der Waals surface area contributed by atoms with Crippen molar-refractivity contribution in [3.05, 3.63) is 35.9 Å². The second kappa shape index (κ2) is 5.80. The van der Waals surface area contributed by atoms with Gasteiger partial charge in [-0.05, 0) is 26.5 Å². The Morgan fingerprint density at radius 3 is 2.24 bits per heavy atom. The molecule has 4 heteroatoms. The summed E-state index contributed by atoms with van der Waals surface area (Å²) in [5.74, 6) is -0.889. The number of carboxylic acids is 1. The van der Waals surface area contributed by atoms with Crippen LogP contribution in [-0.4, -0.2) is 40.2 Å². The van der Waals surface area contributed by atoms with E-state index < -0.39 is 18.1 Å². The Labute approximate surface area is 101 Å². The largest absolute Gasteiger partial charge is 0.480 e. The summed E-state index contributed by atoms with van der Waals surface area (Å²) in [5, 5.41) is 19.1. The molecule has 0 radical (unpaired) electrons. The van der Waals surface area contributed by atoms with Crippen molar-refractivity contribution < 1.29 is 15.0 Å². The van der Waals surface area contributed by atoms with Gasteiger partial charge in [-0.1, -0.05) is 30.3 Å². The molecule has 0 aromatic heterocycles. The van der Waals surface area contributed by atoms with E-state index in [4.69, 9.17) is 5.11 Å². The number of hydrogen-bond donors (Lipinski definition) is 2. The van der Waals surface area contributed by atoms with Gasteiger partial charge in [-0.15, -0.1) is 0 Å². The van der Waals surface area contributed by atoms with E-state index in [0.29, 0.717) is 0 Å². The Morgan fingerprint density at radius 2 is 1.76 bits per heavy atom. The standard InChI is InChI=1S/C13H19NO3/c1-9(14(3)10(2)13(16)17)12(15)11-7-5-4-6-8-11/h4-10,12,15H,1-3H3,(H,16,17)/t9-,10-,12+/m0/s1. The van der Waals surface area contributed by atoms with Gasteiger partial charge >= 0.3 is 5.97 Å². The van der Waals surface area contributed by atoms with Gasteiger partial charge in [0, 0.05) is 6.04 Å². The molecule has 0 aliphatic carbocycles. The second-order valence-corrected chi connectivity index (χ2v) is 4.28. The Kier molecular flexibility index (Phi) is 4.66. The predicted octanol–water partition coefficient (Wildman–Crippen LogP) is 1.51. The SMILES string of the molecule is C[C@@H](C(=O)O)N(C)[C@@H](C)[C@@H](O)c1ccccc1. The maximum Gasteiger partial charge on any atom is 0.320 e. The normalized spacial score (nSPS) is 16.5. The smallest absolute Gasteiger partial charge is 0.320 e. The third-order valence-corrected chi connectivity index (χ3v) is 3.21. The van der Waals surface area contributed by atoms with Crippen LogP contribution in [0.25, 0.3) is 0 Å². The number of benzene rings is 1. The summed E-state index contributed by atoms with van der Waals surface area (Å²) in [6.07, 6.45) is -0.692. The van der Waals surface area contributed by atoms with Gasteiger partial charge < -0.3 is 10.2 Å². The topological polar surface area (TPSA) is 60.8 Å². The number of nitrogens with zero attached hydrogens (tertiary/aromatic N) is 1. The fourth-order valence-electron chi connectivity index (χ4n) is 1.68. The van der Waals surface area contributed by atoms with Crippen LogP contribution in [-0.2, 0) is 4.79 Å². The maximum atomic E-state index is 10.9. The minimum absolute atomic E-state index is 0.261. The number of aliphatic hydroxyl groups excluding tert-OH is 1. The molecule has 1 rings (SSSR count). The van der Waals surface area contributed by atoms with Crippen LogP contribution in [0.15, 0.2) is 30.3 Å². The number of aliphatic carboxylic acids is 1. The first kappa shape index (κ1) is 13.7. The van der Waals surface area contributed by atoms with E-state index in [-0.39, 0.29) is 6.04 Å². The van der Waals surface area contributed by atoms with Crippen LogP contribution < -0.4 is 0 Å². The van der Waals surface area contributed by atoms with E-state index in [9.17, 15) is 9.90 Å². The molecule has 2 N–H and O–H groups in total. The van der Waals surface area contributed by atoms with Crippen molar-refractivity contribution in [1.82, 2.24) is 4.90 Å². The van der Waals surface area contributed by atoms with Gasteiger partial charge in [0.05, 0.1) is 6.10 Å². The van der Waals surface area contributed by atoms with E-state index in [1.807, 2.05) is 37.3 Å². The molecule has 94 valence electrons. The van der Waals surface area contributed by atoms with Crippen LogP contribution in [0.5, 0.6) is 0 Å². The highest BCUT2D eigenvalue weighted by Crippen LogP contribution is 2.21. The molecule has 17 heavy (non-hydrogen) atoms. The molecule has 3 atom stereocenters. The zero-order valence-electron chi connectivity index (χ0n) is 10.4. The van der Waals surface area contributed by atoms with Crippen molar-refractivity contribution in [2.24, 2.45) is 0 Å². The summed E-state index contributed by atoms with van der Waals surface area (Å²) in [6, 6.07) is 8.37. The van der Waals surface area contributed by atoms with Crippen LogP contribution in [0, 0.1) is 0 Å². The first-order chi connectivity index (χ1) is 7.95. The van der Waals surface area contributed by atoms with Crippen molar-refractivity contribution in [1.29, 1.82) is 0 Å². The molecule has 0 fully saturated rings. The molecule has 0 saturated carbocycles. The molecular formula is C13H19NO3. The van der Waals surface area contributed by atoms with Crippen LogP contribution in [0.4, 0.5) is 0 Å². The van der Waals surface area contributed by atoms with E-state index in [2.05, 4.69) is 0 Å². The third-order valence-electron chi connectivity index (χ3n) is 3.21. The highest BCUT2D eigenvalue weighted by Gasteiger charge is 2.26. The highest BCUT2D eigenvalue weighted by atomic mass is 16.4. The van der Waals surface area contributed by atoms with Crippen molar-refractivity contribution in [2.75, 3.05) is 7.05 Å². The molecule has 0 unspecified atom stereocenters. The number of aliphatic hydroxyl groups is 1. The average Bonchev–Trinajstić information content (AvgIpc) is 2.36. The van der Waals surface area contributed by atoms with E-state index >= 15 is 0 Å². The summed E-state index contributed by atoms with van der Waals surface area (Å²) in [5.41, 5.74) is 0.796. The summed E-state index contributed by atoms with van der Waals surface area (Å²) < 4.78 is 0. The highest BCUT2D eigenvalue weighted by molar-refractivity contribution is 5.72. The molecule has 0 spiro atoms. The number of carbonyl (C=O) groups is 1. The molecule has 0 amide bonds. The zero-order valence-corrected chi connectivity index (χ0v) is 10.4. The molecular weight excluding hydrogens is 218 g/mol. The number of likely N-dealkylation sites (N-methyl/N-ethyl adjacent to an activating group) is 1.